The fourth-order valence-corrected chi connectivity index (χ4v) is 3.49. The summed E-state index contributed by atoms with van der Waals surface area (Å²) >= 11 is 0. The van der Waals surface area contributed by atoms with Crippen LogP contribution in [0.1, 0.15) is 31.8 Å². The summed E-state index contributed by atoms with van der Waals surface area (Å²) in [5.41, 5.74) is 7.91. The third-order valence-corrected chi connectivity index (χ3v) is 4.91. The minimum Gasteiger partial charge on any atom is -0.366 e. The van der Waals surface area contributed by atoms with Crippen molar-refractivity contribution in [1.82, 2.24) is 9.97 Å². The Hall–Kier alpha value is -3.80. The fraction of sp³-hybridized carbons (Fsp3) is 0.0909. The number of aryl methyl sites for hydroxylation is 2. The van der Waals surface area contributed by atoms with Crippen molar-refractivity contribution in [3.8, 4) is 0 Å². The summed E-state index contributed by atoms with van der Waals surface area (Å²) in [4.78, 5) is 33.8. The minimum absolute atomic E-state index is 0.196. The normalized spacial score (nSPS) is 10.9. The molecule has 4 rings (SSSR count). The van der Waals surface area contributed by atoms with Crippen LogP contribution in [-0.2, 0) is 0 Å². The van der Waals surface area contributed by atoms with Crippen molar-refractivity contribution < 1.29 is 9.59 Å². The molecule has 0 unspecified atom stereocenters. The number of primary amides is 1. The molecule has 6 nitrogen and oxygen atoms in total. The van der Waals surface area contributed by atoms with Crippen LogP contribution in [0.3, 0.4) is 0 Å². The lowest BCUT2D eigenvalue weighted by Gasteiger charge is -2.24. The predicted octanol–water partition coefficient (Wildman–Crippen LogP) is 4.19. The zero-order valence-electron chi connectivity index (χ0n) is 15.6. The molecule has 0 saturated heterocycles. The Morgan fingerprint density at radius 3 is 2.00 bits per heavy atom. The highest BCUT2D eigenvalue weighted by molar-refractivity contribution is 6.22. The second-order valence-electron chi connectivity index (χ2n) is 6.73. The number of H-pyrrole nitrogens is 2. The highest BCUT2D eigenvalue weighted by Gasteiger charge is 2.29. The number of carbonyl (C=O) groups is 2. The van der Waals surface area contributed by atoms with Crippen LogP contribution < -0.4 is 10.6 Å². The molecule has 4 aromatic rings. The van der Waals surface area contributed by atoms with Crippen molar-refractivity contribution in [3.05, 3.63) is 83.2 Å². The van der Waals surface area contributed by atoms with Gasteiger partial charge in [-0.15, -0.1) is 0 Å². The maximum atomic E-state index is 13.9. The summed E-state index contributed by atoms with van der Waals surface area (Å²) < 4.78 is 0. The lowest BCUT2D eigenvalue weighted by molar-refractivity contribution is 0.0967. The number of benzene rings is 2. The molecule has 0 atom stereocenters. The van der Waals surface area contributed by atoms with Gasteiger partial charge in [-0.1, -0.05) is 30.3 Å². The summed E-state index contributed by atoms with van der Waals surface area (Å²) in [7, 11) is 0. The molecule has 0 fully saturated rings. The van der Waals surface area contributed by atoms with Crippen LogP contribution in [0.5, 0.6) is 0 Å². The number of nitrogens with zero attached hydrogens (tertiary/aromatic N) is 1. The maximum absolute atomic E-state index is 13.9. The van der Waals surface area contributed by atoms with Crippen LogP contribution >= 0.6 is 0 Å². The van der Waals surface area contributed by atoms with Crippen LogP contribution in [0, 0.1) is 13.8 Å². The van der Waals surface area contributed by atoms with Gasteiger partial charge in [0.25, 0.3) is 5.91 Å². The Morgan fingerprint density at radius 2 is 1.46 bits per heavy atom. The molecule has 2 heterocycles. The standard InChI is InChI=1S/C22H20N4O2/c1-13-9-11-24-20(13)26(21-14(2)10-12-25-21)22(28)18-16-6-4-3-5-15(16)7-8-17(18)19(23)27/h3-12,24-25H,1-2H3,(H2,23,27). The van der Waals surface area contributed by atoms with E-state index in [-0.39, 0.29) is 17.0 Å². The van der Waals surface area contributed by atoms with Crippen molar-refractivity contribution in [2.45, 2.75) is 13.8 Å². The number of rotatable bonds is 4. The van der Waals surface area contributed by atoms with Gasteiger partial charge in [-0.2, -0.15) is 0 Å². The van der Waals surface area contributed by atoms with Crippen molar-refractivity contribution in [3.63, 3.8) is 0 Å². The minimum atomic E-state index is -0.638. The average molecular weight is 372 g/mol. The summed E-state index contributed by atoms with van der Waals surface area (Å²) in [6.45, 7) is 3.84. The van der Waals surface area contributed by atoms with E-state index in [9.17, 15) is 9.59 Å². The molecule has 2 amide bonds. The first-order valence-electron chi connectivity index (χ1n) is 8.93. The number of aromatic amines is 2. The number of anilines is 2. The number of carbonyl (C=O) groups excluding carboxylic acids is 2. The lowest BCUT2D eigenvalue weighted by Crippen LogP contribution is -2.30. The molecule has 0 aliphatic carbocycles. The first-order chi connectivity index (χ1) is 13.5. The van der Waals surface area contributed by atoms with Crippen molar-refractivity contribution in [2.24, 2.45) is 5.73 Å². The molecule has 140 valence electrons. The van der Waals surface area contributed by atoms with Gasteiger partial charge in [-0.3, -0.25) is 9.59 Å². The fourth-order valence-electron chi connectivity index (χ4n) is 3.49. The van der Waals surface area contributed by atoms with Crippen molar-refractivity contribution in [1.29, 1.82) is 0 Å². The van der Waals surface area contributed by atoms with E-state index in [4.69, 9.17) is 5.73 Å². The SMILES string of the molecule is Cc1cc[nH]c1N(C(=O)c1c(C(N)=O)ccc2ccccc12)c1[nH]ccc1C. The molecule has 0 bridgehead atoms. The molecular weight excluding hydrogens is 352 g/mol. The number of nitrogens with two attached hydrogens (primary N) is 1. The van der Waals surface area contributed by atoms with Gasteiger partial charge >= 0.3 is 0 Å². The van der Waals surface area contributed by atoms with Crippen LogP contribution in [0.25, 0.3) is 10.8 Å². The molecule has 0 spiro atoms. The number of hydrogen-bond donors (Lipinski definition) is 3. The van der Waals surface area contributed by atoms with E-state index in [1.165, 1.54) is 0 Å². The zero-order valence-corrected chi connectivity index (χ0v) is 15.6. The third-order valence-electron chi connectivity index (χ3n) is 4.91. The monoisotopic (exact) mass is 372 g/mol. The first-order valence-corrected chi connectivity index (χ1v) is 8.93. The smallest absolute Gasteiger partial charge is 0.266 e. The van der Waals surface area contributed by atoms with Gasteiger partial charge in [0.1, 0.15) is 11.6 Å². The average Bonchev–Trinajstić information content (AvgIpc) is 3.30. The topological polar surface area (TPSA) is 95.0 Å². The highest BCUT2D eigenvalue weighted by Crippen LogP contribution is 2.33. The first kappa shape index (κ1) is 17.6. The zero-order chi connectivity index (χ0) is 19.8. The summed E-state index contributed by atoms with van der Waals surface area (Å²) in [5, 5.41) is 1.55. The molecular formula is C22H20N4O2. The summed E-state index contributed by atoms with van der Waals surface area (Å²) in [5.74, 6) is 0.306. The van der Waals surface area contributed by atoms with E-state index in [0.717, 1.165) is 16.5 Å². The molecule has 0 aliphatic rings. The summed E-state index contributed by atoms with van der Waals surface area (Å²) in [6.07, 6.45) is 3.56. The second kappa shape index (κ2) is 6.74. The van der Waals surface area contributed by atoms with Gasteiger partial charge in [-0.05, 0) is 53.9 Å². The van der Waals surface area contributed by atoms with E-state index >= 15 is 0 Å². The van der Waals surface area contributed by atoms with Gasteiger partial charge in [-0.25, -0.2) is 4.90 Å². The summed E-state index contributed by atoms with van der Waals surface area (Å²) in [6, 6.07) is 14.7. The van der Waals surface area contributed by atoms with Gasteiger partial charge < -0.3 is 15.7 Å². The Bertz CT molecular complexity index is 1160. The molecule has 4 N–H and O–H groups in total. The largest absolute Gasteiger partial charge is 0.366 e. The van der Waals surface area contributed by atoms with E-state index < -0.39 is 5.91 Å². The molecule has 2 aromatic heterocycles. The number of fused-ring (bicyclic) bond motifs is 1. The second-order valence-corrected chi connectivity index (χ2v) is 6.73. The molecule has 0 aliphatic heterocycles. The molecule has 0 saturated carbocycles. The predicted molar refractivity (Wildman–Crippen MR) is 110 cm³/mol. The Balaban J connectivity index is 2.01. The Kier molecular flexibility index (Phi) is 4.24. The highest BCUT2D eigenvalue weighted by atomic mass is 16.2. The van der Waals surface area contributed by atoms with E-state index in [1.807, 2.05) is 50.2 Å². The van der Waals surface area contributed by atoms with E-state index in [0.29, 0.717) is 17.0 Å². The number of hydrogen-bond acceptors (Lipinski definition) is 2. The van der Waals surface area contributed by atoms with Gasteiger partial charge in [0.05, 0.1) is 11.1 Å². The Morgan fingerprint density at radius 1 is 0.857 bits per heavy atom. The molecule has 28 heavy (non-hydrogen) atoms. The Labute approximate surface area is 162 Å². The number of aromatic nitrogens is 2. The van der Waals surface area contributed by atoms with E-state index in [1.54, 1.807) is 29.4 Å². The number of amides is 2. The van der Waals surface area contributed by atoms with E-state index in [2.05, 4.69) is 9.97 Å². The van der Waals surface area contributed by atoms with Gasteiger partial charge in [0, 0.05) is 12.4 Å². The van der Waals surface area contributed by atoms with Gasteiger partial charge in [0.15, 0.2) is 0 Å². The quantitative estimate of drug-likeness (QED) is 0.501. The molecule has 2 aromatic carbocycles. The lowest BCUT2D eigenvalue weighted by atomic mass is 9.97. The van der Waals surface area contributed by atoms with Crippen LogP contribution in [0.2, 0.25) is 0 Å². The van der Waals surface area contributed by atoms with Crippen LogP contribution in [0.15, 0.2) is 60.9 Å². The van der Waals surface area contributed by atoms with Gasteiger partial charge in [0.2, 0.25) is 5.91 Å². The number of nitrogens with one attached hydrogen (secondary N) is 2. The maximum Gasteiger partial charge on any atom is 0.266 e. The molecule has 6 heteroatoms. The van der Waals surface area contributed by atoms with Crippen LogP contribution in [0.4, 0.5) is 11.6 Å². The molecule has 0 radical (unpaired) electrons. The van der Waals surface area contributed by atoms with Crippen LogP contribution in [-0.4, -0.2) is 21.8 Å². The van der Waals surface area contributed by atoms with Crippen molar-refractivity contribution in [2.75, 3.05) is 4.90 Å². The third kappa shape index (κ3) is 2.75. The van der Waals surface area contributed by atoms with Crippen molar-refractivity contribution >= 4 is 34.2 Å².